The summed E-state index contributed by atoms with van der Waals surface area (Å²) in [5.74, 6) is 1.43. The minimum atomic E-state index is 0.280. The van der Waals surface area contributed by atoms with Crippen molar-refractivity contribution in [1.82, 2.24) is 19.6 Å². The number of hydrogen-bond donors (Lipinski definition) is 2. The molecule has 1 atom stereocenters. The van der Waals surface area contributed by atoms with E-state index in [1.165, 1.54) is 25.7 Å². The highest BCUT2D eigenvalue weighted by Gasteiger charge is 2.24. The summed E-state index contributed by atoms with van der Waals surface area (Å²) in [6.07, 6.45) is 10.4. The summed E-state index contributed by atoms with van der Waals surface area (Å²) in [5, 5.41) is 11.4. The predicted molar refractivity (Wildman–Crippen MR) is 69.2 cm³/mol. The molecule has 1 aliphatic carbocycles. The highest BCUT2D eigenvalue weighted by molar-refractivity contribution is 5.61. The molecule has 0 spiro atoms. The summed E-state index contributed by atoms with van der Waals surface area (Å²) in [6, 6.07) is 0.280. The predicted octanol–water partition coefficient (Wildman–Crippen LogP) is 1.05. The molecule has 18 heavy (non-hydrogen) atoms. The maximum Gasteiger partial charge on any atom is 0.203 e. The third kappa shape index (κ3) is 2.03. The summed E-state index contributed by atoms with van der Waals surface area (Å²) in [6.45, 7) is 0.627. The molecule has 1 saturated carbocycles. The molecule has 6 nitrogen and oxygen atoms in total. The van der Waals surface area contributed by atoms with Gasteiger partial charge < -0.3 is 11.1 Å². The third-order valence-corrected chi connectivity index (χ3v) is 3.76. The monoisotopic (exact) mass is 246 g/mol. The molecule has 0 aromatic carbocycles. The van der Waals surface area contributed by atoms with Gasteiger partial charge in [-0.1, -0.05) is 12.8 Å². The van der Waals surface area contributed by atoms with Crippen LogP contribution in [0.4, 0.5) is 5.82 Å². The van der Waals surface area contributed by atoms with Crippen molar-refractivity contribution >= 4 is 11.5 Å². The molecule has 0 aliphatic heterocycles. The number of nitrogens with zero attached hydrogens (tertiary/aromatic N) is 4. The molecule has 6 heteroatoms. The summed E-state index contributed by atoms with van der Waals surface area (Å²) in [7, 11) is 0. The smallest absolute Gasteiger partial charge is 0.203 e. The van der Waals surface area contributed by atoms with Crippen LogP contribution in [0.3, 0.4) is 0 Å². The zero-order chi connectivity index (χ0) is 12.4. The van der Waals surface area contributed by atoms with Crippen LogP contribution in [0.1, 0.15) is 25.7 Å². The van der Waals surface area contributed by atoms with E-state index in [-0.39, 0.29) is 6.04 Å². The van der Waals surface area contributed by atoms with Crippen molar-refractivity contribution in [3.63, 3.8) is 0 Å². The van der Waals surface area contributed by atoms with E-state index in [0.717, 1.165) is 11.5 Å². The van der Waals surface area contributed by atoms with Gasteiger partial charge in [-0.25, -0.2) is 4.98 Å². The van der Waals surface area contributed by atoms with Crippen LogP contribution in [0, 0.1) is 5.92 Å². The van der Waals surface area contributed by atoms with Gasteiger partial charge in [-0.3, -0.25) is 4.40 Å². The zero-order valence-electron chi connectivity index (χ0n) is 10.3. The van der Waals surface area contributed by atoms with E-state index in [4.69, 9.17) is 5.73 Å². The Morgan fingerprint density at radius 1 is 1.44 bits per heavy atom. The van der Waals surface area contributed by atoms with Crippen LogP contribution in [0.2, 0.25) is 0 Å². The Hall–Kier alpha value is -1.69. The van der Waals surface area contributed by atoms with Crippen molar-refractivity contribution in [3.05, 3.63) is 18.7 Å². The number of anilines is 1. The van der Waals surface area contributed by atoms with Crippen molar-refractivity contribution in [1.29, 1.82) is 0 Å². The van der Waals surface area contributed by atoms with E-state index < -0.39 is 0 Å². The fourth-order valence-corrected chi connectivity index (χ4v) is 2.77. The quantitative estimate of drug-likeness (QED) is 0.843. The van der Waals surface area contributed by atoms with Gasteiger partial charge in [0.15, 0.2) is 5.82 Å². The third-order valence-electron chi connectivity index (χ3n) is 3.76. The van der Waals surface area contributed by atoms with Gasteiger partial charge in [-0.15, -0.1) is 10.2 Å². The Balaban J connectivity index is 1.83. The number of nitrogens with two attached hydrogens (primary N) is 1. The molecule has 0 radical (unpaired) electrons. The first-order valence-corrected chi connectivity index (χ1v) is 6.49. The molecule has 96 valence electrons. The van der Waals surface area contributed by atoms with Crippen LogP contribution in [0.15, 0.2) is 18.7 Å². The van der Waals surface area contributed by atoms with E-state index >= 15 is 0 Å². The Morgan fingerprint density at radius 3 is 3.06 bits per heavy atom. The second-order valence-electron chi connectivity index (χ2n) is 4.87. The van der Waals surface area contributed by atoms with Gasteiger partial charge in [0.25, 0.3) is 0 Å². The lowest BCUT2D eigenvalue weighted by molar-refractivity contribution is 0.461. The zero-order valence-corrected chi connectivity index (χ0v) is 10.3. The van der Waals surface area contributed by atoms with Crippen LogP contribution < -0.4 is 11.1 Å². The molecule has 0 bridgehead atoms. The molecule has 1 aliphatic rings. The summed E-state index contributed by atoms with van der Waals surface area (Å²) in [4.78, 5) is 4.35. The standard InChI is InChI=1S/C12H18N6/c13-7-10(9-3-1-2-4-9)16-11-12-17-15-8-18(12)6-5-14-11/h5-6,8-10H,1-4,7,13H2,(H,14,16). The Morgan fingerprint density at radius 2 is 2.28 bits per heavy atom. The molecule has 2 aromatic heterocycles. The van der Waals surface area contributed by atoms with Gasteiger partial charge in [0.1, 0.15) is 6.33 Å². The van der Waals surface area contributed by atoms with Crippen molar-refractivity contribution in [2.75, 3.05) is 11.9 Å². The number of rotatable bonds is 4. The highest BCUT2D eigenvalue weighted by Crippen LogP contribution is 2.29. The van der Waals surface area contributed by atoms with Crippen LogP contribution in [0.25, 0.3) is 5.65 Å². The molecule has 3 rings (SSSR count). The SMILES string of the molecule is NCC(Nc1nccn2cnnc12)C1CCCC1. The molecule has 0 amide bonds. The lowest BCUT2D eigenvalue weighted by Gasteiger charge is -2.23. The molecule has 1 unspecified atom stereocenters. The normalized spacial score (nSPS) is 18.3. The second-order valence-corrected chi connectivity index (χ2v) is 4.87. The van der Waals surface area contributed by atoms with E-state index in [1.807, 2.05) is 10.6 Å². The number of aromatic nitrogens is 4. The average molecular weight is 246 g/mol. The van der Waals surface area contributed by atoms with Gasteiger partial charge in [0, 0.05) is 25.0 Å². The van der Waals surface area contributed by atoms with Gasteiger partial charge in [-0.05, 0) is 18.8 Å². The van der Waals surface area contributed by atoms with Crippen LogP contribution in [-0.2, 0) is 0 Å². The molecule has 2 heterocycles. The van der Waals surface area contributed by atoms with Gasteiger partial charge in [0.05, 0.1) is 0 Å². The molecule has 2 aromatic rings. The minimum Gasteiger partial charge on any atom is -0.363 e. The maximum atomic E-state index is 5.89. The van der Waals surface area contributed by atoms with E-state index in [0.29, 0.717) is 12.5 Å². The first-order chi connectivity index (χ1) is 8.88. The number of hydrogen-bond acceptors (Lipinski definition) is 5. The Labute approximate surface area is 106 Å². The lowest BCUT2D eigenvalue weighted by Crippen LogP contribution is -2.35. The molecular formula is C12H18N6. The van der Waals surface area contributed by atoms with Gasteiger partial charge >= 0.3 is 0 Å². The van der Waals surface area contributed by atoms with E-state index in [1.54, 1.807) is 12.5 Å². The fraction of sp³-hybridized carbons (Fsp3) is 0.583. The Kier molecular flexibility index (Phi) is 3.10. The van der Waals surface area contributed by atoms with Crippen molar-refractivity contribution in [2.45, 2.75) is 31.7 Å². The topological polar surface area (TPSA) is 81.1 Å². The molecular weight excluding hydrogens is 228 g/mol. The van der Waals surface area contributed by atoms with Crippen molar-refractivity contribution in [3.8, 4) is 0 Å². The van der Waals surface area contributed by atoms with Gasteiger partial charge in [-0.2, -0.15) is 0 Å². The number of fused-ring (bicyclic) bond motifs is 1. The van der Waals surface area contributed by atoms with E-state index in [2.05, 4.69) is 20.5 Å². The van der Waals surface area contributed by atoms with Crippen molar-refractivity contribution < 1.29 is 0 Å². The average Bonchev–Trinajstić information content (AvgIpc) is 3.06. The molecule has 0 saturated heterocycles. The highest BCUT2D eigenvalue weighted by atomic mass is 15.2. The first kappa shape index (κ1) is 11.4. The minimum absolute atomic E-state index is 0.280. The van der Waals surface area contributed by atoms with E-state index in [9.17, 15) is 0 Å². The van der Waals surface area contributed by atoms with Crippen molar-refractivity contribution in [2.24, 2.45) is 11.7 Å². The van der Waals surface area contributed by atoms with Crippen LogP contribution in [0.5, 0.6) is 0 Å². The largest absolute Gasteiger partial charge is 0.363 e. The second kappa shape index (κ2) is 4.89. The van der Waals surface area contributed by atoms with Crippen LogP contribution >= 0.6 is 0 Å². The lowest BCUT2D eigenvalue weighted by atomic mass is 9.98. The maximum absolute atomic E-state index is 5.89. The Bertz CT molecular complexity index is 516. The van der Waals surface area contributed by atoms with Crippen LogP contribution in [-0.4, -0.2) is 32.2 Å². The summed E-state index contributed by atoms with van der Waals surface area (Å²) in [5.41, 5.74) is 6.64. The summed E-state index contributed by atoms with van der Waals surface area (Å²) < 4.78 is 1.86. The summed E-state index contributed by atoms with van der Waals surface area (Å²) >= 11 is 0. The fourth-order valence-electron chi connectivity index (χ4n) is 2.77. The molecule has 3 N–H and O–H groups in total. The molecule has 1 fully saturated rings. The number of nitrogens with one attached hydrogen (secondary N) is 1. The van der Waals surface area contributed by atoms with Gasteiger partial charge in [0.2, 0.25) is 5.65 Å². The first-order valence-electron chi connectivity index (χ1n) is 6.49.